The van der Waals surface area contributed by atoms with Crippen molar-refractivity contribution >= 4 is 11.9 Å². The summed E-state index contributed by atoms with van der Waals surface area (Å²) >= 11 is 0. The van der Waals surface area contributed by atoms with Crippen LogP contribution in [-0.2, 0) is 19.1 Å². The van der Waals surface area contributed by atoms with E-state index in [2.05, 4.69) is 6.92 Å². The van der Waals surface area contributed by atoms with Crippen LogP contribution < -0.4 is 0 Å². The molecule has 1 saturated carbocycles. The first-order valence-corrected chi connectivity index (χ1v) is 6.75. The van der Waals surface area contributed by atoms with E-state index in [0.717, 1.165) is 19.3 Å². The molecule has 1 unspecified atom stereocenters. The first-order valence-electron chi connectivity index (χ1n) is 6.75. The normalized spacial score (nSPS) is 39.7. The van der Waals surface area contributed by atoms with Crippen molar-refractivity contribution in [3.63, 3.8) is 0 Å². The van der Waals surface area contributed by atoms with Crippen molar-refractivity contribution in [2.24, 2.45) is 16.7 Å². The molecule has 0 aromatic heterocycles. The van der Waals surface area contributed by atoms with E-state index in [0.29, 0.717) is 19.6 Å². The van der Waals surface area contributed by atoms with Crippen LogP contribution in [0, 0.1) is 16.7 Å². The van der Waals surface area contributed by atoms with Crippen LogP contribution in [0.3, 0.4) is 0 Å². The van der Waals surface area contributed by atoms with Crippen LogP contribution in [0.15, 0.2) is 0 Å². The number of hydrogen-bond donors (Lipinski definition) is 0. The second kappa shape index (κ2) is 4.56. The summed E-state index contributed by atoms with van der Waals surface area (Å²) in [6.07, 6.45) is 3.14. The Morgan fingerprint density at radius 2 is 2.17 bits per heavy atom. The minimum absolute atomic E-state index is 0.0408. The van der Waals surface area contributed by atoms with Crippen molar-refractivity contribution < 1.29 is 19.1 Å². The molecule has 3 atom stereocenters. The number of carbonyl (C=O) groups is 2. The van der Waals surface area contributed by atoms with E-state index in [1.165, 1.54) is 0 Å². The van der Waals surface area contributed by atoms with Crippen LogP contribution in [0.5, 0.6) is 0 Å². The van der Waals surface area contributed by atoms with Gasteiger partial charge in [-0.25, -0.2) is 0 Å². The minimum atomic E-state index is -0.539. The van der Waals surface area contributed by atoms with Gasteiger partial charge < -0.3 is 9.47 Å². The molecule has 4 heteroatoms. The summed E-state index contributed by atoms with van der Waals surface area (Å²) in [5, 5.41) is 0. The summed E-state index contributed by atoms with van der Waals surface area (Å²) in [5.74, 6) is -0.301. The summed E-state index contributed by atoms with van der Waals surface area (Å²) in [6, 6.07) is 0. The molecule has 0 N–H and O–H groups in total. The van der Waals surface area contributed by atoms with E-state index >= 15 is 0 Å². The van der Waals surface area contributed by atoms with Gasteiger partial charge in [-0.05, 0) is 32.6 Å². The number of ether oxygens (including phenoxy) is 2. The Morgan fingerprint density at radius 3 is 2.83 bits per heavy atom. The highest BCUT2D eigenvalue weighted by molar-refractivity contribution is 5.79. The molecule has 0 aromatic rings. The summed E-state index contributed by atoms with van der Waals surface area (Å²) < 4.78 is 10.4. The van der Waals surface area contributed by atoms with Gasteiger partial charge in [-0.15, -0.1) is 0 Å². The second-order valence-corrected chi connectivity index (χ2v) is 6.06. The average molecular weight is 254 g/mol. The molecule has 0 amide bonds. The summed E-state index contributed by atoms with van der Waals surface area (Å²) in [5.41, 5.74) is -0.615. The predicted octanol–water partition coefficient (Wildman–Crippen LogP) is 2.31. The quantitative estimate of drug-likeness (QED) is 0.710. The van der Waals surface area contributed by atoms with Gasteiger partial charge in [-0.1, -0.05) is 13.3 Å². The van der Waals surface area contributed by atoms with Crippen LogP contribution in [-0.4, -0.2) is 25.2 Å². The average Bonchev–Trinajstić information content (AvgIpc) is 2.32. The molecule has 2 fully saturated rings. The zero-order chi connectivity index (χ0) is 13.4. The Bertz CT molecular complexity index is 365. The van der Waals surface area contributed by atoms with Crippen molar-refractivity contribution in [2.75, 3.05) is 13.2 Å². The molecule has 18 heavy (non-hydrogen) atoms. The molecule has 102 valence electrons. The van der Waals surface area contributed by atoms with Crippen LogP contribution in [0.25, 0.3) is 0 Å². The number of carbonyl (C=O) groups excluding carboxylic acids is 2. The third kappa shape index (κ3) is 2.02. The lowest BCUT2D eigenvalue weighted by Crippen LogP contribution is -2.53. The second-order valence-electron chi connectivity index (χ2n) is 6.06. The highest BCUT2D eigenvalue weighted by atomic mass is 16.5. The maximum absolute atomic E-state index is 12.2. The number of fused-ring (bicyclic) bond motifs is 1. The topological polar surface area (TPSA) is 52.6 Å². The zero-order valence-electron chi connectivity index (χ0n) is 11.5. The smallest absolute Gasteiger partial charge is 0.312 e. The Morgan fingerprint density at radius 1 is 1.44 bits per heavy atom. The minimum Gasteiger partial charge on any atom is -0.466 e. The van der Waals surface area contributed by atoms with E-state index in [4.69, 9.17) is 9.47 Å². The van der Waals surface area contributed by atoms with E-state index < -0.39 is 5.41 Å². The molecule has 0 aromatic carbocycles. The molecule has 4 nitrogen and oxygen atoms in total. The monoisotopic (exact) mass is 254 g/mol. The lowest BCUT2D eigenvalue weighted by molar-refractivity contribution is -0.184. The molecule has 0 spiro atoms. The van der Waals surface area contributed by atoms with E-state index in [9.17, 15) is 9.59 Å². The highest BCUT2D eigenvalue weighted by Crippen LogP contribution is 2.55. The standard InChI is InChI=1S/C14H22O4/c1-4-17-12(16)14(3)7-5-6-13(2)9-18-11(15)8-10(13)14/h10H,4-9H2,1-3H3/t10-,13+,14?/m1/s1. The Labute approximate surface area is 108 Å². The van der Waals surface area contributed by atoms with Crippen LogP contribution in [0.2, 0.25) is 0 Å². The molecule has 1 saturated heterocycles. The molecule has 1 heterocycles. The lowest BCUT2D eigenvalue weighted by Gasteiger charge is -2.52. The van der Waals surface area contributed by atoms with Gasteiger partial charge in [-0.2, -0.15) is 0 Å². The fraction of sp³-hybridized carbons (Fsp3) is 0.857. The van der Waals surface area contributed by atoms with Crippen LogP contribution in [0.1, 0.15) is 46.5 Å². The predicted molar refractivity (Wildman–Crippen MR) is 65.8 cm³/mol. The Hall–Kier alpha value is -1.06. The largest absolute Gasteiger partial charge is 0.466 e. The van der Waals surface area contributed by atoms with Crippen molar-refractivity contribution in [3.8, 4) is 0 Å². The Balaban J connectivity index is 2.29. The first-order chi connectivity index (χ1) is 8.42. The maximum atomic E-state index is 12.2. The molecule has 0 radical (unpaired) electrons. The van der Waals surface area contributed by atoms with E-state index in [1.54, 1.807) is 0 Å². The highest BCUT2D eigenvalue weighted by Gasteiger charge is 2.56. The zero-order valence-corrected chi connectivity index (χ0v) is 11.5. The van der Waals surface area contributed by atoms with Crippen LogP contribution in [0.4, 0.5) is 0 Å². The van der Waals surface area contributed by atoms with Gasteiger partial charge in [-0.3, -0.25) is 9.59 Å². The van der Waals surface area contributed by atoms with E-state index in [-0.39, 0.29) is 23.3 Å². The maximum Gasteiger partial charge on any atom is 0.312 e. The summed E-state index contributed by atoms with van der Waals surface area (Å²) in [4.78, 5) is 23.8. The van der Waals surface area contributed by atoms with Crippen LogP contribution >= 0.6 is 0 Å². The molecule has 1 aliphatic heterocycles. The number of esters is 2. The van der Waals surface area contributed by atoms with E-state index in [1.807, 2.05) is 13.8 Å². The Kier molecular flexibility index (Phi) is 3.39. The molecular formula is C14H22O4. The number of rotatable bonds is 2. The fourth-order valence-corrected chi connectivity index (χ4v) is 3.63. The van der Waals surface area contributed by atoms with Gasteiger partial charge in [0.05, 0.1) is 25.0 Å². The summed E-state index contributed by atoms with van der Waals surface area (Å²) in [7, 11) is 0. The van der Waals surface area contributed by atoms with Crippen molar-refractivity contribution in [2.45, 2.75) is 46.5 Å². The van der Waals surface area contributed by atoms with Crippen molar-refractivity contribution in [3.05, 3.63) is 0 Å². The number of cyclic esters (lactones) is 1. The first kappa shape index (κ1) is 13.4. The lowest BCUT2D eigenvalue weighted by atomic mass is 9.54. The van der Waals surface area contributed by atoms with Gasteiger partial charge in [0.2, 0.25) is 0 Å². The molecule has 1 aliphatic carbocycles. The third-order valence-electron chi connectivity index (χ3n) is 4.73. The number of hydrogen-bond acceptors (Lipinski definition) is 4. The van der Waals surface area contributed by atoms with Gasteiger partial charge in [0, 0.05) is 5.41 Å². The molecule has 0 bridgehead atoms. The van der Waals surface area contributed by atoms with Gasteiger partial charge in [0.15, 0.2) is 0 Å². The fourth-order valence-electron chi connectivity index (χ4n) is 3.63. The van der Waals surface area contributed by atoms with Crippen molar-refractivity contribution in [1.29, 1.82) is 0 Å². The molecule has 2 aliphatic rings. The van der Waals surface area contributed by atoms with Gasteiger partial charge in [0.1, 0.15) is 0 Å². The van der Waals surface area contributed by atoms with Gasteiger partial charge >= 0.3 is 11.9 Å². The van der Waals surface area contributed by atoms with Crippen molar-refractivity contribution in [1.82, 2.24) is 0 Å². The molecule has 2 rings (SSSR count). The SMILES string of the molecule is CCOC(=O)C1(C)CCC[C@@]2(C)COC(=O)C[C@@H]12. The summed E-state index contributed by atoms with van der Waals surface area (Å²) in [6.45, 7) is 6.72. The molecular weight excluding hydrogens is 232 g/mol. The van der Waals surface area contributed by atoms with Gasteiger partial charge in [0.25, 0.3) is 0 Å². The third-order valence-corrected chi connectivity index (χ3v) is 4.73.